The smallest absolute Gasteiger partial charge is 0.407 e. The highest BCUT2D eigenvalue weighted by Gasteiger charge is 2.15. The maximum absolute atomic E-state index is 11.3. The van der Waals surface area contributed by atoms with Gasteiger partial charge in [0.25, 0.3) is 0 Å². The Morgan fingerprint density at radius 2 is 2.06 bits per heavy atom. The zero-order valence-electron chi connectivity index (χ0n) is 10.4. The van der Waals surface area contributed by atoms with Crippen molar-refractivity contribution in [3.8, 4) is 0 Å². The van der Waals surface area contributed by atoms with Gasteiger partial charge in [-0.2, -0.15) is 0 Å². The molecule has 1 aromatic heterocycles. The summed E-state index contributed by atoms with van der Waals surface area (Å²) in [6.45, 7) is 5.76. The van der Waals surface area contributed by atoms with E-state index in [1.807, 2.05) is 20.8 Å². The second-order valence-corrected chi connectivity index (χ2v) is 4.70. The lowest BCUT2D eigenvalue weighted by Gasteiger charge is -2.19. The molecule has 0 spiro atoms. The van der Waals surface area contributed by atoms with Crippen LogP contribution in [0, 0.1) is 0 Å². The van der Waals surface area contributed by atoms with E-state index < -0.39 is 11.7 Å². The Hall–Kier alpha value is -1.49. The quantitative estimate of drug-likeness (QED) is 0.843. The Balaban J connectivity index is 2.26. The highest BCUT2D eigenvalue weighted by atomic mass is 16.6. The zero-order valence-corrected chi connectivity index (χ0v) is 10.4. The summed E-state index contributed by atoms with van der Waals surface area (Å²) in [4.78, 5) is 11.3. The first kappa shape index (κ1) is 13.6. The van der Waals surface area contributed by atoms with Crippen LogP contribution in [-0.4, -0.2) is 23.3 Å². The lowest BCUT2D eigenvalue weighted by molar-refractivity contribution is 0.0528. The van der Waals surface area contributed by atoms with E-state index in [2.05, 4.69) is 5.32 Å². The van der Waals surface area contributed by atoms with Crippen molar-refractivity contribution in [2.75, 3.05) is 6.54 Å². The van der Waals surface area contributed by atoms with Crippen LogP contribution in [0.25, 0.3) is 0 Å². The standard InChI is InChI=1S/C12H19NO4/c1-12(2,3)17-11(15)13-7-6-9-4-5-10(8-14)16-9/h4-5,14H,6-8H2,1-3H3,(H,13,15). The van der Waals surface area contributed by atoms with Gasteiger partial charge in [-0.1, -0.05) is 0 Å². The molecule has 0 bridgehead atoms. The number of hydrogen-bond acceptors (Lipinski definition) is 4. The van der Waals surface area contributed by atoms with Gasteiger partial charge in [0.1, 0.15) is 23.7 Å². The van der Waals surface area contributed by atoms with Crippen LogP contribution in [0.4, 0.5) is 4.79 Å². The first-order valence-corrected chi connectivity index (χ1v) is 5.56. The van der Waals surface area contributed by atoms with Crippen molar-refractivity contribution in [3.05, 3.63) is 23.7 Å². The molecule has 96 valence electrons. The Morgan fingerprint density at radius 1 is 1.41 bits per heavy atom. The van der Waals surface area contributed by atoms with Gasteiger partial charge in [0.2, 0.25) is 0 Å². The molecule has 0 unspecified atom stereocenters. The minimum Gasteiger partial charge on any atom is -0.464 e. The topological polar surface area (TPSA) is 71.7 Å². The summed E-state index contributed by atoms with van der Waals surface area (Å²) in [5, 5.41) is 11.4. The number of carbonyl (C=O) groups excluding carboxylic acids is 1. The summed E-state index contributed by atoms with van der Waals surface area (Å²) in [7, 11) is 0. The molecular formula is C12H19NO4. The third-order valence-electron chi connectivity index (χ3n) is 1.91. The van der Waals surface area contributed by atoms with E-state index >= 15 is 0 Å². The molecule has 0 aliphatic carbocycles. The lowest BCUT2D eigenvalue weighted by Crippen LogP contribution is -2.33. The van der Waals surface area contributed by atoms with Crippen LogP contribution >= 0.6 is 0 Å². The predicted molar refractivity (Wildman–Crippen MR) is 62.6 cm³/mol. The molecule has 0 aliphatic rings. The van der Waals surface area contributed by atoms with Gasteiger partial charge in [0.15, 0.2) is 0 Å². The van der Waals surface area contributed by atoms with Crippen LogP contribution < -0.4 is 5.32 Å². The zero-order chi connectivity index (χ0) is 12.9. The van der Waals surface area contributed by atoms with Crippen LogP contribution in [0.5, 0.6) is 0 Å². The van der Waals surface area contributed by atoms with Gasteiger partial charge in [-0.15, -0.1) is 0 Å². The number of rotatable bonds is 4. The molecule has 1 heterocycles. The number of aliphatic hydroxyl groups excluding tert-OH is 1. The van der Waals surface area contributed by atoms with Gasteiger partial charge in [0.05, 0.1) is 0 Å². The second kappa shape index (κ2) is 5.72. The maximum atomic E-state index is 11.3. The van der Waals surface area contributed by atoms with Crippen LogP contribution in [-0.2, 0) is 17.8 Å². The van der Waals surface area contributed by atoms with Gasteiger partial charge in [-0.3, -0.25) is 0 Å². The van der Waals surface area contributed by atoms with Gasteiger partial charge >= 0.3 is 6.09 Å². The lowest BCUT2D eigenvalue weighted by atomic mass is 10.2. The summed E-state index contributed by atoms with van der Waals surface area (Å²) in [6.07, 6.45) is 0.130. The Labute approximate surface area is 101 Å². The first-order valence-electron chi connectivity index (χ1n) is 5.56. The van der Waals surface area contributed by atoms with E-state index in [4.69, 9.17) is 14.3 Å². The molecule has 0 fully saturated rings. The average Bonchev–Trinajstić information content (AvgIpc) is 2.63. The Bertz CT molecular complexity index is 365. The number of alkyl carbamates (subject to hydrolysis) is 1. The molecule has 2 N–H and O–H groups in total. The van der Waals surface area contributed by atoms with Crippen molar-refractivity contribution in [3.63, 3.8) is 0 Å². The van der Waals surface area contributed by atoms with Gasteiger partial charge in [-0.25, -0.2) is 4.79 Å². The fraction of sp³-hybridized carbons (Fsp3) is 0.583. The largest absolute Gasteiger partial charge is 0.464 e. The van der Waals surface area contributed by atoms with Crippen molar-refractivity contribution in [2.24, 2.45) is 0 Å². The molecule has 1 rings (SSSR count). The molecule has 1 amide bonds. The minimum absolute atomic E-state index is 0.112. The average molecular weight is 241 g/mol. The third kappa shape index (κ3) is 5.40. The van der Waals surface area contributed by atoms with E-state index in [1.54, 1.807) is 12.1 Å². The highest BCUT2D eigenvalue weighted by Crippen LogP contribution is 2.08. The molecule has 0 saturated heterocycles. The van der Waals surface area contributed by atoms with Crippen LogP contribution in [0.3, 0.4) is 0 Å². The summed E-state index contributed by atoms with van der Waals surface area (Å²) < 4.78 is 10.4. The van der Waals surface area contributed by atoms with Gasteiger partial charge in [0, 0.05) is 13.0 Å². The Morgan fingerprint density at radius 3 is 2.59 bits per heavy atom. The number of nitrogens with one attached hydrogen (secondary N) is 1. The number of aliphatic hydroxyl groups is 1. The predicted octanol–water partition coefficient (Wildman–Crippen LogP) is 1.84. The fourth-order valence-corrected chi connectivity index (χ4v) is 1.24. The SMILES string of the molecule is CC(C)(C)OC(=O)NCCc1ccc(CO)o1. The molecule has 1 aromatic rings. The molecule has 0 aliphatic heterocycles. The summed E-state index contributed by atoms with van der Waals surface area (Å²) >= 11 is 0. The summed E-state index contributed by atoms with van der Waals surface area (Å²) in [6, 6.07) is 3.49. The number of ether oxygens (including phenoxy) is 1. The molecular weight excluding hydrogens is 222 g/mol. The number of amides is 1. The molecule has 0 saturated carbocycles. The van der Waals surface area contributed by atoms with Crippen molar-refractivity contribution < 1.29 is 19.1 Å². The Kier molecular flexibility index (Phi) is 4.57. The molecule has 0 radical (unpaired) electrons. The molecule has 5 heteroatoms. The van der Waals surface area contributed by atoms with Crippen LogP contribution in [0.2, 0.25) is 0 Å². The number of furan rings is 1. The van der Waals surface area contributed by atoms with Crippen LogP contribution in [0.15, 0.2) is 16.5 Å². The minimum atomic E-state index is -0.487. The monoisotopic (exact) mass is 241 g/mol. The van der Waals surface area contributed by atoms with Gasteiger partial charge in [-0.05, 0) is 32.9 Å². The van der Waals surface area contributed by atoms with Crippen molar-refractivity contribution in [1.29, 1.82) is 0 Å². The number of carbonyl (C=O) groups is 1. The van der Waals surface area contributed by atoms with E-state index in [-0.39, 0.29) is 6.61 Å². The molecule has 0 aromatic carbocycles. The van der Waals surface area contributed by atoms with E-state index in [1.165, 1.54) is 0 Å². The van der Waals surface area contributed by atoms with E-state index in [0.717, 1.165) is 5.76 Å². The summed E-state index contributed by atoms with van der Waals surface area (Å²) in [5.41, 5.74) is -0.487. The van der Waals surface area contributed by atoms with E-state index in [9.17, 15) is 4.79 Å². The third-order valence-corrected chi connectivity index (χ3v) is 1.91. The normalized spacial score (nSPS) is 11.3. The molecule has 5 nitrogen and oxygen atoms in total. The van der Waals surface area contributed by atoms with Crippen LogP contribution in [0.1, 0.15) is 32.3 Å². The fourth-order valence-electron chi connectivity index (χ4n) is 1.24. The first-order chi connectivity index (χ1) is 7.90. The molecule has 0 atom stereocenters. The van der Waals surface area contributed by atoms with Crippen molar-refractivity contribution >= 4 is 6.09 Å². The summed E-state index contributed by atoms with van der Waals surface area (Å²) in [5.74, 6) is 1.25. The van der Waals surface area contributed by atoms with Gasteiger partial charge < -0.3 is 19.6 Å². The number of hydrogen-bond donors (Lipinski definition) is 2. The molecule has 17 heavy (non-hydrogen) atoms. The highest BCUT2D eigenvalue weighted by molar-refractivity contribution is 5.67. The van der Waals surface area contributed by atoms with Crippen molar-refractivity contribution in [1.82, 2.24) is 5.32 Å². The van der Waals surface area contributed by atoms with E-state index in [0.29, 0.717) is 18.7 Å². The maximum Gasteiger partial charge on any atom is 0.407 e. The van der Waals surface area contributed by atoms with Crippen molar-refractivity contribution in [2.45, 2.75) is 39.4 Å². The second-order valence-electron chi connectivity index (χ2n) is 4.70.